The van der Waals surface area contributed by atoms with Crippen LogP contribution in [0.25, 0.3) is 0 Å². The van der Waals surface area contributed by atoms with Crippen LogP contribution >= 0.6 is 0 Å². The Balaban J connectivity index is 2.02. The van der Waals surface area contributed by atoms with Crippen LogP contribution < -0.4 is 0 Å². The van der Waals surface area contributed by atoms with E-state index in [1.165, 1.54) is 32.1 Å². The predicted molar refractivity (Wildman–Crippen MR) is 68.0 cm³/mol. The maximum absolute atomic E-state index is 10.9. The van der Waals surface area contributed by atoms with Crippen LogP contribution in [0.5, 0.6) is 0 Å². The molecule has 3 nitrogen and oxygen atoms in total. The molecule has 0 radical (unpaired) electrons. The number of carboxylic acid groups (broad SMARTS) is 1. The van der Waals surface area contributed by atoms with Gasteiger partial charge in [-0.15, -0.1) is 0 Å². The molecule has 1 atom stereocenters. The highest BCUT2D eigenvalue weighted by Crippen LogP contribution is 2.40. The van der Waals surface area contributed by atoms with Gasteiger partial charge >= 0.3 is 5.97 Å². The monoisotopic (exact) mass is 239 g/mol. The number of rotatable bonds is 3. The highest BCUT2D eigenvalue weighted by atomic mass is 16.4. The topological polar surface area (TPSA) is 40.5 Å². The van der Waals surface area contributed by atoms with Gasteiger partial charge in [-0.05, 0) is 45.6 Å². The molecule has 2 fully saturated rings. The Kier molecular flexibility index (Phi) is 3.76. The van der Waals surface area contributed by atoms with Crippen molar-refractivity contribution >= 4 is 5.97 Å². The van der Waals surface area contributed by atoms with Crippen LogP contribution in [0.4, 0.5) is 0 Å². The van der Waals surface area contributed by atoms with E-state index in [1.807, 2.05) is 0 Å². The van der Waals surface area contributed by atoms with Gasteiger partial charge in [0.15, 0.2) is 0 Å². The number of likely N-dealkylation sites (tertiary alicyclic amines) is 1. The molecule has 0 bridgehead atoms. The van der Waals surface area contributed by atoms with Crippen molar-refractivity contribution in [1.29, 1.82) is 0 Å². The van der Waals surface area contributed by atoms with E-state index in [4.69, 9.17) is 5.11 Å². The van der Waals surface area contributed by atoms with Crippen molar-refractivity contribution < 1.29 is 9.90 Å². The smallest absolute Gasteiger partial charge is 0.303 e. The van der Waals surface area contributed by atoms with E-state index in [-0.39, 0.29) is 5.54 Å². The SMILES string of the molecule is CC1(C)C(CC(=O)O)CCN1C1CCCCC1. The van der Waals surface area contributed by atoms with Crippen molar-refractivity contribution in [3.05, 3.63) is 0 Å². The van der Waals surface area contributed by atoms with Crippen LogP contribution in [0.1, 0.15) is 58.8 Å². The van der Waals surface area contributed by atoms with Crippen LogP contribution in [-0.4, -0.2) is 34.1 Å². The number of nitrogens with zero attached hydrogens (tertiary/aromatic N) is 1. The molecular weight excluding hydrogens is 214 g/mol. The van der Waals surface area contributed by atoms with E-state index < -0.39 is 5.97 Å². The first-order chi connectivity index (χ1) is 8.01. The van der Waals surface area contributed by atoms with Crippen molar-refractivity contribution in [3.8, 4) is 0 Å². The molecule has 2 aliphatic rings. The quantitative estimate of drug-likeness (QED) is 0.823. The van der Waals surface area contributed by atoms with E-state index in [1.54, 1.807) is 0 Å². The molecular formula is C14H25NO2. The van der Waals surface area contributed by atoms with Gasteiger partial charge in [0.05, 0.1) is 0 Å². The van der Waals surface area contributed by atoms with Crippen molar-refractivity contribution in [2.75, 3.05) is 6.54 Å². The van der Waals surface area contributed by atoms with Gasteiger partial charge in [-0.1, -0.05) is 19.3 Å². The molecule has 3 heteroatoms. The number of carbonyl (C=O) groups is 1. The van der Waals surface area contributed by atoms with Gasteiger partial charge in [-0.2, -0.15) is 0 Å². The Bertz CT molecular complexity index is 282. The summed E-state index contributed by atoms with van der Waals surface area (Å²) in [5, 5.41) is 8.98. The Hall–Kier alpha value is -0.570. The van der Waals surface area contributed by atoms with Gasteiger partial charge < -0.3 is 5.11 Å². The summed E-state index contributed by atoms with van der Waals surface area (Å²) in [6.45, 7) is 5.57. The minimum Gasteiger partial charge on any atom is -0.481 e. The molecule has 1 saturated heterocycles. The zero-order chi connectivity index (χ0) is 12.5. The lowest BCUT2D eigenvalue weighted by Crippen LogP contribution is -2.49. The molecule has 1 aliphatic carbocycles. The van der Waals surface area contributed by atoms with Crippen LogP contribution in [0.3, 0.4) is 0 Å². The summed E-state index contributed by atoms with van der Waals surface area (Å²) in [6.07, 6.45) is 8.07. The molecule has 0 spiro atoms. The average molecular weight is 239 g/mol. The molecule has 1 saturated carbocycles. The van der Waals surface area contributed by atoms with Crippen LogP contribution in [0.15, 0.2) is 0 Å². The maximum Gasteiger partial charge on any atom is 0.303 e. The minimum absolute atomic E-state index is 0.0698. The Morgan fingerprint density at radius 2 is 1.88 bits per heavy atom. The van der Waals surface area contributed by atoms with Crippen LogP contribution in [0.2, 0.25) is 0 Å². The van der Waals surface area contributed by atoms with E-state index >= 15 is 0 Å². The van der Waals surface area contributed by atoms with Crippen LogP contribution in [0, 0.1) is 5.92 Å². The number of carboxylic acids is 1. The molecule has 0 amide bonds. The lowest BCUT2D eigenvalue weighted by Gasteiger charge is -2.42. The lowest BCUT2D eigenvalue weighted by molar-refractivity contribution is -0.138. The Morgan fingerprint density at radius 3 is 2.47 bits per heavy atom. The third-order valence-corrected chi connectivity index (χ3v) is 4.89. The molecule has 0 aromatic heterocycles. The summed E-state index contributed by atoms with van der Waals surface area (Å²) in [7, 11) is 0. The van der Waals surface area contributed by atoms with E-state index in [9.17, 15) is 4.79 Å². The Labute approximate surface area is 104 Å². The number of hydrogen-bond donors (Lipinski definition) is 1. The molecule has 1 heterocycles. The number of aliphatic carboxylic acids is 1. The molecule has 0 aromatic rings. The Morgan fingerprint density at radius 1 is 1.24 bits per heavy atom. The van der Waals surface area contributed by atoms with E-state index in [2.05, 4.69) is 18.7 Å². The van der Waals surface area contributed by atoms with E-state index in [0.29, 0.717) is 18.4 Å². The second-order valence-corrected chi connectivity index (χ2v) is 6.22. The van der Waals surface area contributed by atoms with Gasteiger partial charge in [-0.3, -0.25) is 9.69 Å². The van der Waals surface area contributed by atoms with Crippen molar-refractivity contribution in [3.63, 3.8) is 0 Å². The normalized spacial score (nSPS) is 30.6. The van der Waals surface area contributed by atoms with Gasteiger partial charge in [0.25, 0.3) is 0 Å². The second-order valence-electron chi connectivity index (χ2n) is 6.22. The first-order valence-electron chi connectivity index (χ1n) is 7.00. The van der Waals surface area contributed by atoms with Gasteiger partial charge in [0, 0.05) is 18.0 Å². The van der Waals surface area contributed by atoms with Gasteiger partial charge in [-0.25, -0.2) is 0 Å². The minimum atomic E-state index is -0.645. The molecule has 98 valence electrons. The zero-order valence-corrected chi connectivity index (χ0v) is 11.1. The first-order valence-corrected chi connectivity index (χ1v) is 7.00. The summed E-state index contributed by atoms with van der Waals surface area (Å²) >= 11 is 0. The summed E-state index contributed by atoms with van der Waals surface area (Å²) in [6, 6.07) is 0.706. The maximum atomic E-state index is 10.9. The fourth-order valence-corrected chi connectivity index (χ4v) is 3.78. The lowest BCUT2D eigenvalue weighted by atomic mass is 9.84. The first kappa shape index (κ1) is 12.9. The van der Waals surface area contributed by atoms with Gasteiger partial charge in [0.1, 0.15) is 0 Å². The predicted octanol–water partition coefficient (Wildman–Crippen LogP) is 2.89. The fraction of sp³-hybridized carbons (Fsp3) is 0.929. The number of hydrogen-bond acceptors (Lipinski definition) is 2. The third-order valence-electron chi connectivity index (χ3n) is 4.89. The van der Waals surface area contributed by atoms with Crippen molar-refractivity contribution in [2.24, 2.45) is 5.92 Å². The standard InChI is InChI=1S/C14H25NO2/c1-14(2)11(10-13(16)17)8-9-15(14)12-6-4-3-5-7-12/h11-12H,3-10H2,1-2H3,(H,16,17). The fourth-order valence-electron chi connectivity index (χ4n) is 3.78. The summed E-state index contributed by atoms with van der Waals surface area (Å²) in [5.41, 5.74) is 0.0698. The largest absolute Gasteiger partial charge is 0.481 e. The molecule has 1 aliphatic heterocycles. The highest BCUT2D eigenvalue weighted by molar-refractivity contribution is 5.67. The third kappa shape index (κ3) is 2.65. The molecule has 0 aromatic carbocycles. The highest BCUT2D eigenvalue weighted by Gasteiger charge is 2.44. The summed E-state index contributed by atoms with van der Waals surface area (Å²) in [5.74, 6) is -0.324. The molecule has 2 rings (SSSR count). The molecule has 17 heavy (non-hydrogen) atoms. The van der Waals surface area contributed by atoms with E-state index in [0.717, 1.165) is 13.0 Å². The van der Waals surface area contributed by atoms with Gasteiger partial charge in [0.2, 0.25) is 0 Å². The summed E-state index contributed by atoms with van der Waals surface area (Å²) < 4.78 is 0. The zero-order valence-electron chi connectivity index (χ0n) is 11.1. The van der Waals surface area contributed by atoms with Crippen LogP contribution in [-0.2, 0) is 4.79 Å². The summed E-state index contributed by atoms with van der Waals surface area (Å²) in [4.78, 5) is 13.5. The second kappa shape index (κ2) is 4.97. The average Bonchev–Trinajstić information content (AvgIpc) is 2.55. The van der Waals surface area contributed by atoms with Crippen molar-refractivity contribution in [1.82, 2.24) is 4.90 Å². The van der Waals surface area contributed by atoms with Crippen molar-refractivity contribution in [2.45, 2.75) is 70.4 Å². The molecule has 1 unspecified atom stereocenters. The molecule has 1 N–H and O–H groups in total.